The minimum Gasteiger partial charge on any atom is -0.320 e. The molecule has 0 fully saturated rings. The van der Waals surface area contributed by atoms with E-state index in [0.717, 1.165) is 5.56 Å². The first-order chi connectivity index (χ1) is 8.47. The fourth-order valence-corrected chi connectivity index (χ4v) is 2.25. The summed E-state index contributed by atoms with van der Waals surface area (Å²) in [4.78, 5) is 12.1. The molecule has 0 spiro atoms. The van der Waals surface area contributed by atoms with Gasteiger partial charge in [-0.1, -0.05) is 17.7 Å². The number of benzene rings is 1. The molecular formula is C12H11BrClN3O. The van der Waals surface area contributed by atoms with Gasteiger partial charge in [0.15, 0.2) is 5.69 Å². The Hall–Kier alpha value is -1.33. The number of rotatable bonds is 2. The van der Waals surface area contributed by atoms with Crippen molar-refractivity contribution in [3.05, 3.63) is 45.1 Å². The third kappa shape index (κ3) is 2.73. The second kappa shape index (κ2) is 5.12. The van der Waals surface area contributed by atoms with Gasteiger partial charge in [0.05, 0.1) is 4.47 Å². The zero-order valence-electron chi connectivity index (χ0n) is 9.87. The Kier molecular flexibility index (Phi) is 3.73. The molecule has 1 N–H and O–H groups in total. The Morgan fingerprint density at radius 3 is 2.83 bits per heavy atom. The predicted molar refractivity (Wildman–Crippen MR) is 75.1 cm³/mol. The van der Waals surface area contributed by atoms with Crippen LogP contribution in [0.15, 0.2) is 28.9 Å². The van der Waals surface area contributed by atoms with Crippen molar-refractivity contribution >= 4 is 39.1 Å². The van der Waals surface area contributed by atoms with Crippen molar-refractivity contribution in [2.24, 2.45) is 7.05 Å². The van der Waals surface area contributed by atoms with Crippen molar-refractivity contribution in [2.75, 3.05) is 5.32 Å². The van der Waals surface area contributed by atoms with E-state index in [1.165, 1.54) is 0 Å². The van der Waals surface area contributed by atoms with E-state index in [1.807, 2.05) is 13.0 Å². The average molecular weight is 329 g/mol. The van der Waals surface area contributed by atoms with Crippen LogP contribution in [0.3, 0.4) is 0 Å². The van der Waals surface area contributed by atoms with Gasteiger partial charge < -0.3 is 5.32 Å². The summed E-state index contributed by atoms with van der Waals surface area (Å²) in [5.41, 5.74) is 1.97. The standard InChI is InChI=1S/C12H11BrClN3O/c1-7-3-4-8(14)5-10(7)15-12(18)11-9(13)6-17(2)16-11/h3-6H,1-2H3,(H,15,18). The van der Waals surface area contributed by atoms with Crippen LogP contribution < -0.4 is 5.32 Å². The fourth-order valence-electron chi connectivity index (χ4n) is 1.52. The number of aromatic nitrogens is 2. The third-order valence-corrected chi connectivity index (χ3v) is 3.26. The van der Waals surface area contributed by atoms with E-state index in [-0.39, 0.29) is 5.91 Å². The van der Waals surface area contributed by atoms with Crippen LogP contribution in [-0.4, -0.2) is 15.7 Å². The number of hydrogen-bond acceptors (Lipinski definition) is 2. The Morgan fingerprint density at radius 1 is 1.50 bits per heavy atom. The zero-order chi connectivity index (χ0) is 13.3. The van der Waals surface area contributed by atoms with Gasteiger partial charge >= 0.3 is 0 Å². The van der Waals surface area contributed by atoms with Gasteiger partial charge in [-0.05, 0) is 40.5 Å². The lowest BCUT2D eigenvalue weighted by atomic mass is 10.2. The molecule has 0 aliphatic heterocycles. The van der Waals surface area contributed by atoms with Crippen LogP contribution in [0.1, 0.15) is 16.1 Å². The fraction of sp³-hybridized carbons (Fsp3) is 0.167. The lowest BCUT2D eigenvalue weighted by Gasteiger charge is -2.07. The topological polar surface area (TPSA) is 46.9 Å². The van der Waals surface area contributed by atoms with Crippen LogP contribution >= 0.6 is 27.5 Å². The summed E-state index contributed by atoms with van der Waals surface area (Å²) >= 11 is 9.20. The highest BCUT2D eigenvalue weighted by Crippen LogP contribution is 2.22. The zero-order valence-corrected chi connectivity index (χ0v) is 12.2. The number of nitrogens with zero attached hydrogens (tertiary/aromatic N) is 2. The van der Waals surface area contributed by atoms with E-state index in [9.17, 15) is 4.79 Å². The summed E-state index contributed by atoms with van der Waals surface area (Å²) in [5, 5.41) is 7.46. The first kappa shape index (κ1) is 13.1. The molecule has 2 rings (SSSR count). The molecule has 1 amide bonds. The molecule has 4 nitrogen and oxygen atoms in total. The number of hydrogen-bond donors (Lipinski definition) is 1. The van der Waals surface area contributed by atoms with Crippen molar-refractivity contribution in [2.45, 2.75) is 6.92 Å². The van der Waals surface area contributed by atoms with Crippen LogP contribution in [0, 0.1) is 6.92 Å². The van der Waals surface area contributed by atoms with Gasteiger partial charge in [-0.2, -0.15) is 5.10 Å². The van der Waals surface area contributed by atoms with Crippen LogP contribution in [0.2, 0.25) is 5.02 Å². The van der Waals surface area contributed by atoms with Gasteiger partial charge in [-0.25, -0.2) is 0 Å². The molecule has 0 atom stereocenters. The molecule has 18 heavy (non-hydrogen) atoms. The van der Waals surface area contributed by atoms with E-state index in [4.69, 9.17) is 11.6 Å². The van der Waals surface area contributed by atoms with Crippen LogP contribution in [0.25, 0.3) is 0 Å². The summed E-state index contributed by atoms with van der Waals surface area (Å²) in [6, 6.07) is 5.35. The van der Waals surface area contributed by atoms with Crippen molar-refractivity contribution < 1.29 is 4.79 Å². The third-order valence-electron chi connectivity index (χ3n) is 2.45. The van der Waals surface area contributed by atoms with Crippen molar-refractivity contribution in [1.29, 1.82) is 0 Å². The lowest BCUT2D eigenvalue weighted by Crippen LogP contribution is -2.14. The molecule has 2 aromatic rings. The molecular weight excluding hydrogens is 318 g/mol. The highest BCUT2D eigenvalue weighted by atomic mass is 79.9. The van der Waals surface area contributed by atoms with Gasteiger partial charge in [0.1, 0.15) is 0 Å². The minimum atomic E-state index is -0.271. The van der Waals surface area contributed by atoms with Gasteiger partial charge in [0, 0.05) is 24.0 Å². The number of aryl methyl sites for hydroxylation is 2. The Bertz CT molecular complexity index is 609. The molecule has 1 aromatic carbocycles. The van der Waals surface area contributed by atoms with Crippen molar-refractivity contribution in [1.82, 2.24) is 9.78 Å². The Labute approximate surface area is 118 Å². The molecule has 0 radical (unpaired) electrons. The molecule has 0 aliphatic carbocycles. The summed E-state index contributed by atoms with van der Waals surface area (Å²) in [6.45, 7) is 1.90. The molecule has 94 valence electrons. The van der Waals surface area contributed by atoms with Gasteiger partial charge in [-0.15, -0.1) is 0 Å². The molecule has 0 saturated heterocycles. The maximum Gasteiger partial charge on any atom is 0.277 e. The molecule has 1 aromatic heterocycles. The lowest BCUT2D eigenvalue weighted by molar-refractivity contribution is 0.102. The van der Waals surface area contributed by atoms with E-state index >= 15 is 0 Å². The maximum atomic E-state index is 12.1. The van der Waals surface area contributed by atoms with Crippen LogP contribution in [0.4, 0.5) is 5.69 Å². The van der Waals surface area contributed by atoms with E-state index in [2.05, 4.69) is 26.3 Å². The SMILES string of the molecule is Cc1ccc(Cl)cc1NC(=O)c1nn(C)cc1Br. The molecule has 6 heteroatoms. The number of amides is 1. The molecule has 0 aliphatic rings. The highest BCUT2D eigenvalue weighted by Gasteiger charge is 2.15. The summed E-state index contributed by atoms with van der Waals surface area (Å²) in [7, 11) is 1.76. The Balaban J connectivity index is 2.26. The number of carbonyl (C=O) groups is 1. The predicted octanol–water partition coefficient (Wildman–Crippen LogP) is 3.40. The average Bonchev–Trinajstić information content (AvgIpc) is 2.63. The molecule has 0 saturated carbocycles. The molecule has 1 heterocycles. The maximum absolute atomic E-state index is 12.1. The molecule has 0 bridgehead atoms. The first-order valence-corrected chi connectivity index (χ1v) is 6.41. The van der Waals surface area contributed by atoms with Crippen LogP contribution in [-0.2, 0) is 7.05 Å². The van der Waals surface area contributed by atoms with E-state index < -0.39 is 0 Å². The normalized spacial score (nSPS) is 10.4. The smallest absolute Gasteiger partial charge is 0.277 e. The second-order valence-electron chi connectivity index (χ2n) is 3.91. The number of anilines is 1. The number of carbonyl (C=O) groups excluding carboxylic acids is 1. The first-order valence-electron chi connectivity index (χ1n) is 5.24. The van der Waals surface area contributed by atoms with E-state index in [1.54, 1.807) is 30.1 Å². The van der Waals surface area contributed by atoms with E-state index in [0.29, 0.717) is 20.9 Å². The van der Waals surface area contributed by atoms with Gasteiger partial charge in [0.25, 0.3) is 5.91 Å². The number of nitrogens with one attached hydrogen (secondary N) is 1. The largest absolute Gasteiger partial charge is 0.320 e. The second-order valence-corrected chi connectivity index (χ2v) is 5.20. The van der Waals surface area contributed by atoms with Crippen molar-refractivity contribution in [3.8, 4) is 0 Å². The quantitative estimate of drug-likeness (QED) is 0.918. The minimum absolute atomic E-state index is 0.271. The number of halogens is 2. The Morgan fingerprint density at radius 2 is 2.22 bits per heavy atom. The van der Waals surface area contributed by atoms with Crippen LogP contribution in [0.5, 0.6) is 0 Å². The van der Waals surface area contributed by atoms with Gasteiger partial charge in [-0.3, -0.25) is 9.48 Å². The van der Waals surface area contributed by atoms with Gasteiger partial charge in [0.2, 0.25) is 0 Å². The monoisotopic (exact) mass is 327 g/mol. The summed E-state index contributed by atoms with van der Waals surface area (Å²) < 4.78 is 2.23. The molecule has 0 unspecified atom stereocenters. The summed E-state index contributed by atoms with van der Waals surface area (Å²) in [6.07, 6.45) is 1.72. The summed E-state index contributed by atoms with van der Waals surface area (Å²) in [5.74, 6) is -0.271. The van der Waals surface area contributed by atoms with Crippen molar-refractivity contribution in [3.63, 3.8) is 0 Å². The highest BCUT2D eigenvalue weighted by molar-refractivity contribution is 9.10.